The molecule has 0 bridgehead atoms. The van der Waals surface area contributed by atoms with Gasteiger partial charge in [0, 0.05) is 29.6 Å². The number of carbonyl (C=O) groups is 1. The van der Waals surface area contributed by atoms with Gasteiger partial charge in [0.05, 0.1) is 6.04 Å². The number of amides is 1. The van der Waals surface area contributed by atoms with Crippen molar-refractivity contribution in [3.05, 3.63) is 78.4 Å². The van der Waals surface area contributed by atoms with Gasteiger partial charge in [-0.2, -0.15) is 0 Å². The van der Waals surface area contributed by atoms with E-state index in [0.717, 1.165) is 29.7 Å². The number of carbonyl (C=O) groups excluding carboxylic acids is 1. The molecule has 0 saturated carbocycles. The smallest absolute Gasteiger partial charge is 0.241 e. The molecule has 1 aliphatic carbocycles. The number of hydrogen-bond donors (Lipinski definition) is 2. The Hall–Kier alpha value is -3.05. The van der Waals surface area contributed by atoms with Crippen LogP contribution in [0, 0.1) is 0 Å². The highest BCUT2D eigenvalue weighted by Crippen LogP contribution is 2.35. The van der Waals surface area contributed by atoms with Gasteiger partial charge in [-0.3, -0.25) is 4.79 Å². The third kappa shape index (κ3) is 3.21. The Morgan fingerprint density at radius 3 is 2.73 bits per heavy atom. The van der Waals surface area contributed by atoms with Crippen LogP contribution in [0.2, 0.25) is 0 Å². The average molecular weight is 344 g/mol. The van der Waals surface area contributed by atoms with Crippen molar-refractivity contribution in [2.24, 2.45) is 5.73 Å². The molecule has 5 nitrogen and oxygen atoms in total. The Bertz CT molecular complexity index is 926. The zero-order valence-electron chi connectivity index (χ0n) is 14.3. The lowest BCUT2D eigenvalue weighted by Gasteiger charge is -2.20. The fourth-order valence-corrected chi connectivity index (χ4v) is 3.60. The normalized spacial score (nSPS) is 16.7. The molecule has 0 saturated heterocycles. The number of hydrogen-bond acceptors (Lipinski definition) is 4. The van der Waals surface area contributed by atoms with E-state index in [0.29, 0.717) is 0 Å². The third-order valence-electron chi connectivity index (χ3n) is 4.94. The maximum atomic E-state index is 12.7. The molecule has 0 fully saturated rings. The van der Waals surface area contributed by atoms with E-state index >= 15 is 0 Å². The fourth-order valence-electron chi connectivity index (χ4n) is 3.60. The minimum absolute atomic E-state index is 0.0666. The molecule has 3 N–H and O–H groups in total. The Labute approximate surface area is 152 Å². The number of anilines is 1. The quantitative estimate of drug-likeness (QED) is 0.762. The lowest BCUT2D eigenvalue weighted by Crippen LogP contribution is -2.40. The first-order valence-electron chi connectivity index (χ1n) is 8.72. The summed E-state index contributed by atoms with van der Waals surface area (Å²) in [6.07, 6.45) is 6.87. The summed E-state index contributed by atoms with van der Waals surface area (Å²) in [6, 6.07) is 15.3. The summed E-state index contributed by atoms with van der Waals surface area (Å²) in [5, 5.41) is 2.95. The topological polar surface area (TPSA) is 80.9 Å². The highest BCUT2D eigenvalue weighted by molar-refractivity contribution is 5.96. The second-order valence-electron chi connectivity index (χ2n) is 6.57. The van der Waals surface area contributed by atoms with Crippen LogP contribution in [0.15, 0.2) is 67.3 Å². The van der Waals surface area contributed by atoms with Crippen LogP contribution in [0.3, 0.4) is 0 Å². The van der Waals surface area contributed by atoms with Gasteiger partial charge in [0.2, 0.25) is 5.91 Å². The second kappa shape index (κ2) is 7.06. The molecule has 0 spiro atoms. The highest BCUT2D eigenvalue weighted by Gasteiger charge is 2.31. The van der Waals surface area contributed by atoms with E-state index in [4.69, 9.17) is 5.73 Å². The van der Waals surface area contributed by atoms with Crippen molar-refractivity contribution in [2.75, 3.05) is 5.32 Å². The van der Waals surface area contributed by atoms with Gasteiger partial charge in [-0.05, 0) is 41.7 Å². The molecular formula is C21H20N4O. The number of nitrogens with two attached hydrogens (primary N) is 1. The number of benzene rings is 2. The molecule has 3 aromatic rings. The molecule has 1 aromatic heterocycles. The van der Waals surface area contributed by atoms with Gasteiger partial charge < -0.3 is 11.1 Å². The molecule has 0 aliphatic heterocycles. The minimum Gasteiger partial charge on any atom is -0.325 e. The first-order chi connectivity index (χ1) is 12.7. The molecule has 1 heterocycles. The van der Waals surface area contributed by atoms with Crippen LogP contribution in [0.1, 0.15) is 23.5 Å². The standard InChI is InChI=1S/C21H20N4O/c22-20(19-9-8-14-4-1-2-7-18(14)19)21(26)25-17-6-3-5-15(10-17)16-11-23-13-24-12-16/h1-7,10-13,19-20H,8-9,22H2,(H,25,26). The number of fused-ring (bicyclic) bond motifs is 1. The Morgan fingerprint density at radius 2 is 1.88 bits per heavy atom. The van der Waals surface area contributed by atoms with E-state index in [1.54, 1.807) is 12.4 Å². The average Bonchev–Trinajstić information content (AvgIpc) is 3.12. The molecule has 5 heteroatoms. The summed E-state index contributed by atoms with van der Waals surface area (Å²) in [5.41, 5.74) is 11.4. The lowest BCUT2D eigenvalue weighted by atomic mass is 9.93. The molecule has 2 aromatic carbocycles. The number of nitrogens with zero attached hydrogens (tertiary/aromatic N) is 2. The molecule has 4 rings (SSSR count). The molecule has 1 amide bonds. The van der Waals surface area contributed by atoms with Crippen molar-refractivity contribution in [1.29, 1.82) is 0 Å². The number of nitrogens with one attached hydrogen (secondary N) is 1. The summed E-state index contributed by atoms with van der Waals surface area (Å²) in [5.74, 6) is -0.0925. The van der Waals surface area contributed by atoms with Crippen molar-refractivity contribution in [1.82, 2.24) is 9.97 Å². The summed E-state index contributed by atoms with van der Waals surface area (Å²) in [6.45, 7) is 0. The maximum absolute atomic E-state index is 12.7. The van der Waals surface area contributed by atoms with Crippen molar-refractivity contribution in [3.8, 4) is 11.1 Å². The van der Waals surface area contributed by atoms with Gasteiger partial charge in [0.25, 0.3) is 0 Å². The van der Waals surface area contributed by atoms with Crippen LogP contribution < -0.4 is 11.1 Å². The van der Waals surface area contributed by atoms with E-state index in [9.17, 15) is 4.79 Å². The summed E-state index contributed by atoms with van der Waals surface area (Å²) in [7, 11) is 0. The van der Waals surface area contributed by atoms with Gasteiger partial charge in [-0.25, -0.2) is 9.97 Å². The number of rotatable bonds is 4. The predicted molar refractivity (Wildman–Crippen MR) is 102 cm³/mol. The Kier molecular flexibility index (Phi) is 4.46. The molecule has 0 radical (unpaired) electrons. The molecular weight excluding hydrogens is 324 g/mol. The van der Waals surface area contributed by atoms with Crippen molar-refractivity contribution in [3.63, 3.8) is 0 Å². The van der Waals surface area contributed by atoms with Gasteiger partial charge in [0.15, 0.2) is 0 Å². The second-order valence-corrected chi connectivity index (χ2v) is 6.57. The fraction of sp³-hybridized carbons (Fsp3) is 0.190. The monoisotopic (exact) mass is 344 g/mol. The zero-order chi connectivity index (χ0) is 17.9. The van der Waals surface area contributed by atoms with Crippen molar-refractivity contribution >= 4 is 11.6 Å². The highest BCUT2D eigenvalue weighted by atomic mass is 16.2. The summed E-state index contributed by atoms with van der Waals surface area (Å²) >= 11 is 0. The zero-order valence-corrected chi connectivity index (χ0v) is 14.3. The van der Waals surface area contributed by atoms with Gasteiger partial charge in [-0.1, -0.05) is 36.4 Å². The van der Waals surface area contributed by atoms with Gasteiger partial charge in [-0.15, -0.1) is 0 Å². The Morgan fingerprint density at radius 1 is 1.08 bits per heavy atom. The maximum Gasteiger partial charge on any atom is 0.241 e. The van der Waals surface area contributed by atoms with Crippen LogP contribution >= 0.6 is 0 Å². The number of aryl methyl sites for hydroxylation is 1. The summed E-state index contributed by atoms with van der Waals surface area (Å²) in [4.78, 5) is 20.8. The van der Waals surface area contributed by atoms with E-state index < -0.39 is 6.04 Å². The largest absolute Gasteiger partial charge is 0.325 e. The van der Waals surface area contributed by atoms with Crippen molar-refractivity contribution in [2.45, 2.75) is 24.8 Å². The predicted octanol–water partition coefficient (Wildman–Crippen LogP) is 3.14. The molecule has 130 valence electrons. The lowest BCUT2D eigenvalue weighted by molar-refractivity contribution is -0.117. The van der Waals surface area contributed by atoms with Crippen LogP contribution in [0.5, 0.6) is 0 Å². The first-order valence-corrected chi connectivity index (χ1v) is 8.72. The van der Waals surface area contributed by atoms with Crippen LogP contribution in [-0.4, -0.2) is 21.9 Å². The van der Waals surface area contributed by atoms with E-state index in [1.165, 1.54) is 17.5 Å². The van der Waals surface area contributed by atoms with Gasteiger partial charge in [0.1, 0.15) is 6.33 Å². The Balaban J connectivity index is 1.50. The molecule has 2 atom stereocenters. The van der Waals surface area contributed by atoms with Crippen LogP contribution in [-0.2, 0) is 11.2 Å². The summed E-state index contributed by atoms with van der Waals surface area (Å²) < 4.78 is 0. The van der Waals surface area contributed by atoms with Crippen molar-refractivity contribution < 1.29 is 4.79 Å². The van der Waals surface area contributed by atoms with Crippen LogP contribution in [0.4, 0.5) is 5.69 Å². The minimum atomic E-state index is -0.567. The molecule has 1 aliphatic rings. The molecule has 2 unspecified atom stereocenters. The van der Waals surface area contributed by atoms with E-state index in [2.05, 4.69) is 27.4 Å². The van der Waals surface area contributed by atoms with E-state index in [-0.39, 0.29) is 11.8 Å². The number of aromatic nitrogens is 2. The third-order valence-corrected chi connectivity index (χ3v) is 4.94. The van der Waals surface area contributed by atoms with Crippen LogP contribution in [0.25, 0.3) is 11.1 Å². The van der Waals surface area contributed by atoms with E-state index in [1.807, 2.05) is 36.4 Å². The first kappa shape index (κ1) is 16.4. The molecule has 26 heavy (non-hydrogen) atoms. The van der Waals surface area contributed by atoms with Gasteiger partial charge >= 0.3 is 0 Å². The SMILES string of the molecule is NC(C(=O)Nc1cccc(-c2cncnc2)c1)C1CCc2ccccc21.